The van der Waals surface area contributed by atoms with Crippen LogP contribution in [-0.2, 0) is 4.79 Å². The summed E-state index contributed by atoms with van der Waals surface area (Å²) in [5.74, 6) is 0.537. The van der Waals surface area contributed by atoms with Crippen LogP contribution in [0.2, 0.25) is 0 Å². The minimum Gasteiger partial charge on any atom is -0.496 e. The number of carboxylic acids is 1. The number of ether oxygens (including phenoxy) is 3. The van der Waals surface area contributed by atoms with Crippen molar-refractivity contribution in [2.45, 2.75) is 12.2 Å². The molecule has 5 nitrogen and oxygen atoms in total. The monoisotopic (exact) mass is 364 g/mol. The molecule has 2 aromatic rings. The third-order valence-electron chi connectivity index (χ3n) is 3.38. The van der Waals surface area contributed by atoms with Gasteiger partial charge in [-0.15, -0.1) is 0 Å². The number of fused-ring (bicyclic) bond motifs is 1. The summed E-state index contributed by atoms with van der Waals surface area (Å²) in [4.78, 5) is 11.5. The van der Waals surface area contributed by atoms with Gasteiger partial charge in [-0.1, -0.05) is 18.2 Å². The van der Waals surface area contributed by atoms with Gasteiger partial charge in [0, 0.05) is 0 Å². The maximum atomic E-state index is 11.5. The van der Waals surface area contributed by atoms with E-state index in [4.69, 9.17) is 14.2 Å². The molecule has 0 fully saturated rings. The van der Waals surface area contributed by atoms with Crippen LogP contribution in [0, 0.1) is 0 Å². The molecule has 0 saturated carbocycles. The Morgan fingerprint density at radius 2 is 1.86 bits per heavy atom. The highest BCUT2D eigenvalue weighted by Crippen LogP contribution is 2.40. The van der Waals surface area contributed by atoms with Gasteiger partial charge in [0.05, 0.1) is 11.6 Å². The van der Waals surface area contributed by atoms with E-state index in [-0.39, 0.29) is 0 Å². The van der Waals surface area contributed by atoms with E-state index >= 15 is 0 Å². The summed E-state index contributed by atoms with van der Waals surface area (Å²) in [6.45, 7) is 0. The lowest BCUT2D eigenvalue weighted by Crippen LogP contribution is -2.39. The molecule has 0 aromatic heterocycles. The van der Waals surface area contributed by atoms with Crippen LogP contribution in [0.1, 0.15) is 11.7 Å². The molecule has 0 amide bonds. The summed E-state index contributed by atoms with van der Waals surface area (Å²) < 4.78 is 17.3. The maximum Gasteiger partial charge on any atom is 0.349 e. The Balaban J connectivity index is 2.00. The first kappa shape index (κ1) is 14.7. The third-order valence-corrected chi connectivity index (χ3v) is 4.00. The highest BCUT2D eigenvalue weighted by atomic mass is 79.9. The van der Waals surface area contributed by atoms with Gasteiger partial charge in [0.25, 0.3) is 0 Å². The van der Waals surface area contributed by atoms with Crippen LogP contribution in [-0.4, -0.2) is 24.3 Å². The molecule has 0 saturated heterocycles. The number of para-hydroxylation sites is 2. The Morgan fingerprint density at radius 1 is 1.18 bits per heavy atom. The van der Waals surface area contributed by atoms with E-state index < -0.39 is 18.2 Å². The lowest BCUT2D eigenvalue weighted by atomic mass is 10.0. The van der Waals surface area contributed by atoms with E-state index in [1.807, 2.05) is 6.07 Å². The van der Waals surface area contributed by atoms with E-state index in [0.717, 1.165) is 4.47 Å². The molecule has 2 atom stereocenters. The molecule has 114 valence electrons. The van der Waals surface area contributed by atoms with Crippen LogP contribution >= 0.6 is 15.9 Å². The van der Waals surface area contributed by atoms with Crippen molar-refractivity contribution in [3.05, 3.63) is 52.5 Å². The Labute approximate surface area is 135 Å². The lowest BCUT2D eigenvalue weighted by molar-refractivity contribution is -0.151. The van der Waals surface area contributed by atoms with Crippen molar-refractivity contribution in [2.75, 3.05) is 7.11 Å². The van der Waals surface area contributed by atoms with Crippen molar-refractivity contribution in [3.8, 4) is 17.2 Å². The predicted molar refractivity (Wildman–Crippen MR) is 82.6 cm³/mol. The minimum absolute atomic E-state index is 0.429. The van der Waals surface area contributed by atoms with Gasteiger partial charge in [0.2, 0.25) is 6.10 Å². The van der Waals surface area contributed by atoms with Gasteiger partial charge in [0.1, 0.15) is 5.75 Å². The Bertz CT molecular complexity index is 715. The average molecular weight is 365 g/mol. The second-order valence-electron chi connectivity index (χ2n) is 4.76. The topological polar surface area (TPSA) is 65.0 Å². The molecule has 2 aromatic carbocycles. The number of halogens is 1. The highest BCUT2D eigenvalue weighted by molar-refractivity contribution is 9.10. The molecule has 0 radical (unpaired) electrons. The summed E-state index contributed by atoms with van der Waals surface area (Å²) in [7, 11) is 1.57. The Kier molecular flexibility index (Phi) is 3.94. The van der Waals surface area contributed by atoms with Crippen LogP contribution in [0.15, 0.2) is 46.9 Å². The van der Waals surface area contributed by atoms with E-state index in [2.05, 4.69) is 15.9 Å². The first-order valence-corrected chi connectivity index (χ1v) is 7.38. The number of methoxy groups -OCH3 is 1. The number of aliphatic carboxylic acids is 1. The number of rotatable bonds is 3. The number of hydrogen-bond donors (Lipinski definition) is 1. The molecule has 3 rings (SSSR count). The van der Waals surface area contributed by atoms with Gasteiger partial charge in [-0.2, -0.15) is 0 Å². The van der Waals surface area contributed by atoms with Crippen molar-refractivity contribution >= 4 is 21.9 Å². The standard InChI is InChI=1S/C16H13BrO5/c1-20-11-7-6-9(8-10(11)17)14-15(16(18)19)22-13-5-3-2-4-12(13)21-14/h2-8,14-15H,1H3,(H,18,19). The van der Waals surface area contributed by atoms with E-state index in [9.17, 15) is 9.90 Å². The quantitative estimate of drug-likeness (QED) is 0.903. The summed E-state index contributed by atoms with van der Waals surface area (Å²) in [5.41, 5.74) is 0.689. The van der Waals surface area contributed by atoms with Gasteiger partial charge < -0.3 is 19.3 Å². The summed E-state index contributed by atoms with van der Waals surface area (Å²) >= 11 is 3.39. The first-order chi connectivity index (χ1) is 10.6. The largest absolute Gasteiger partial charge is 0.496 e. The second kappa shape index (κ2) is 5.88. The van der Waals surface area contributed by atoms with Crippen LogP contribution in [0.25, 0.3) is 0 Å². The number of benzene rings is 2. The molecule has 2 unspecified atom stereocenters. The fourth-order valence-corrected chi connectivity index (χ4v) is 2.88. The van der Waals surface area contributed by atoms with Crippen molar-refractivity contribution < 1.29 is 24.1 Å². The predicted octanol–water partition coefficient (Wildman–Crippen LogP) is 3.42. The van der Waals surface area contributed by atoms with Crippen molar-refractivity contribution in [1.29, 1.82) is 0 Å². The Hall–Kier alpha value is -2.21. The maximum absolute atomic E-state index is 11.5. The normalized spacial score (nSPS) is 19.5. The SMILES string of the molecule is COc1ccc(C2Oc3ccccc3OC2C(=O)O)cc1Br. The number of carbonyl (C=O) groups is 1. The summed E-state index contributed by atoms with van der Waals surface area (Å²) in [6, 6.07) is 12.3. The third kappa shape index (κ3) is 2.62. The summed E-state index contributed by atoms with van der Waals surface area (Å²) in [5, 5.41) is 9.42. The van der Waals surface area contributed by atoms with Crippen LogP contribution in [0.3, 0.4) is 0 Å². The Morgan fingerprint density at radius 3 is 2.45 bits per heavy atom. The second-order valence-corrected chi connectivity index (χ2v) is 5.61. The van der Waals surface area contributed by atoms with E-state index in [1.54, 1.807) is 43.5 Å². The minimum atomic E-state index is -1.12. The van der Waals surface area contributed by atoms with Gasteiger partial charge in [-0.05, 0) is 45.8 Å². The smallest absolute Gasteiger partial charge is 0.349 e. The van der Waals surface area contributed by atoms with Gasteiger partial charge in [-0.3, -0.25) is 0 Å². The molecule has 0 spiro atoms. The van der Waals surface area contributed by atoms with Crippen molar-refractivity contribution in [2.24, 2.45) is 0 Å². The van der Waals surface area contributed by atoms with Crippen LogP contribution < -0.4 is 14.2 Å². The first-order valence-electron chi connectivity index (χ1n) is 6.58. The van der Waals surface area contributed by atoms with Crippen molar-refractivity contribution in [3.63, 3.8) is 0 Å². The van der Waals surface area contributed by atoms with E-state index in [1.165, 1.54) is 0 Å². The fraction of sp³-hybridized carbons (Fsp3) is 0.188. The molecule has 0 aliphatic carbocycles. The molecule has 0 bridgehead atoms. The molecule has 1 aliphatic heterocycles. The molecular weight excluding hydrogens is 352 g/mol. The fourth-order valence-electron chi connectivity index (χ4n) is 2.32. The van der Waals surface area contributed by atoms with E-state index in [0.29, 0.717) is 22.8 Å². The number of hydrogen-bond acceptors (Lipinski definition) is 4. The molecule has 22 heavy (non-hydrogen) atoms. The van der Waals surface area contributed by atoms with Gasteiger partial charge in [0.15, 0.2) is 17.6 Å². The van der Waals surface area contributed by atoms with Gasteiger partial charge in [-0.25, -0.2) is 4.79 Å². The molecule has 1 aliphatic rings. The van der Waals surface area contributed by atoms with Gasteiger partial charge >= 0.3 is 5.97 Å². The molecular formula is C16H13BrO5. The zero-order valence-electron chi connectivity index (χ0n) is 11.7. The van der Waals surface area contributed by atoms with Crippen LogP contribution in [0.5, 0.6) is 17.2 Å². The van der Waals surface area contributed by atoms with Crippen molar-refractivity contribution in [1.82, 2.24) is 0 Å². The number of carboxylic acid groups (broad SMARTS) is 1. The van der Waals surface area contributed by atoms with Crippen LogP contribution in [0.4, 0.5) is 0 Å². The highest BCUT2D eigenvalue weighted by Gasteiger charge is 2.38. The molecule has 6 heteroatoms. The zero-order chi connectivity index (χ0) is 15.7. The molecule has 1 heterocycles. The average Bonchev–Trinajstić information content (AvgIpc) is 2.53. The zero-order valence-corrected chi connectivity index (χ0v) is 13.2. The molecule has 1 N–H and O–H groups in total. The summed E-state index contributed by atoms with van der Waals surface area (Å²) in [6.07, 6.45) is -1.86. The lowest BCUT2D eigenvalue weighted by Gasteiger charge is -2.32.